The van der Waals surface area contributed by atoms with Gasteiger partial charge in [0.15, 0.2) is 0 Å². The molecule has 0 aliphatic carbocycles. The van der Waals surface area contributed by atoms with Crippen molar-refractivity contribution < 1.29 is 19.5 Å². The highest BCUT2D eigenvalue weighted by atomic mass is 32.1. The molecule has 5 rings (SSSR count). The predicted octanol–water partition coefficient (Wildman–Crippen LogP) is 3.86. The highest BCUT2D eigenvalue weighted by Crippen LogP contribution is 2.29. The van der Waals surface area contributed by atoms with E-state index < -0.39 is 24.1 Å². The summed E-state index contributed by atoms with van der Waals surface area (Å²) in [4.78, 5) is 44.2. The van der Waals surface area contributed by atoms with Crippen LogP contribution in [-0.4, -0.2) is 64.4 Å². The average Bonchev–Trinajstić information content (AvgIpc) is 3.57. The van der Waals surface area contributed by atoms with Gasteiger partial charge in [-0.05, 0) is 28.6 Å². The zero-order valence-corrected chi connectivity index (χ0v) is 22.5. The zero-order valence-electron chi connectivity index (χ0n) is 21.7. The Kier molecular flexibility index (Phi) is 8.05. The van der Waals surface area contributed by atoms with E-state index in [1.807, 2.05) is 91.0 Å². The minimum atomic E-state index is -0.872. The minimum Gasteiger partial charge on any atom is -0.391 e. The van der Waals surface area contributed by atoms with Gasteiger partial charge in [-0.2, -0.15) is 0 Å². The lowest BCUT2D eigenvalue weighted by Crippen LogP contribution is -2.54. The van der Waals surface area contributed by atoms with Crippen LogP contribution in [0, 0.1) is 0 Å². The largest absolute Gasteiger partial charge is 0.391 e. The van der Waals surface area contributed by atoms with Gasteiger partial charge in [0.25, 0.3) is 5.91 Å². The molecule has 3 amide bonds. The molecule has 7 nitrogen and oxygen atoms in total. The Morgan fingerprint density at radius 3 is 2.31 bits per heavy atom. The molecule has 8 heteroatoms. The molecule has 1 aliphatic rings. The summed E-state index contributed by atoms with van der Waals surface area (Å²) in [6, 6.07) is 27.0. The van der Waals surface area contributed by atoms with Crippen molar-refractivity contribution in [3.63, 3.8) is 0 Å². The van der Waals surface area contributed by atoms with E-state index in [1.165, 1.54) is 16.2 Å². The van der Waals surface area contributed by atoms with Crippen LogP contribution in [0.2, 0.25) is 0 Å². The molecule has 0 bridgehead atoms. The maximum absolute atomic E-state index is 13.6. The molecule has 0 spiro atoms. The van der Waals surface area contributed by atoms with Crippen molar-refractivity contribution in [1.29, 1.82) is 0 Å². The first-order valence-corrected chi connectivity index (χ1v) is 13.8. The quantitative estimate of drug-likeness (QED) is 0.355. The lowest BCUT2D eigenvalue weighted by Gasteiger charge is -2.28. The summed E-state index contributed by atoms with van der Waals surface area (Å²) >= 11 is 1.37. The number of rotatable bonds is 8. The highest BCUT2D eigenvalue weighted by molar-refractivity contribution is 7.20. The van der Waals surface area contributed by atoms with Gasteiger partial charge in [0.05, 0.1) is 11.0 Å². The van der Waals surface area contributed by atoms with Crippen LogP contribution in [0.3, 0.4) is 0 Å². The molecule has 39 heavy (non-hydrogen) atoms. The van der Waals surface area contributed by atoms with E-state index in [0.29, 0.717) is 17.8 Å². The van der Waals surface area contributed by atoms with Gasteiger partial charge in [0.2, 0.25) is 11.8 Å². The summed E-state index contributed by atoms with van der Waals surface area (Å²) in [6.45, 7) is 0.468. The number of nitrogens with one attached hydrogen (secondary N) is 1. The van der Waals surface area contributed by atoms with Gasteiger partial charge in [0.1, 0.15) is 12.1 Å². The van der Waals surface area contributed by atoms with Crippen LogP contribution in [-0.2, 0) is 22.6 Å². The molecule has 2 heterocycles. The molecule has 3 atom stereocenters. The van der Waals surface area contributed by atoms with Crippen LogP contribution in [0.1, 0.15) is 27.2 Å². The first kappa shape index (κ1) is 26.6. The zero-order chi connectivity index (χ0) is 27.4. The molecule has 1 aromatic heterocycles. The molecule has 1 unspecified atom stereocenters. The molecular formula is C31H31N3O4S. The molecule has 1 saturated heterocycles. The third kappa shape index (κ3) is 6.19. The number of aliphatic hydroxyl groups is 1. The van der Waals surface area contributed by atoms with Crippen molar-refractivity contribution in [2.75, 3.05) is 13.6 Å². The number of carbonyl (C=O) groups excluding carboxylic acids is 3. The number of hydrogen-bond acceptors (Lipinski definition) is 5. The molecular weight excluding hydrogens is 510 g/mol. The number of amides is 3. The third-order valence-electron chi connectivity index (χ3n) is 7.01. The van der Waals surface area contributed by atoms with Gasteiger partial charge in [-0.25, -0.2) is 0 Å². The SMILES string of the molecule is CN(Cc1ccccc1)C(=O)[C@@H](Cc1ccccc1)NC(=O)C1C[C@@H](O)CN1C(=O)c1cc2ccccc2s1. The molecule has 1 aliphatic heterocycles. The summed E-state index contributed by atoms with van der Waals surface area (Å²) in [5.41, 5.74) is 1.89. The van der Waals surface area contributed by atoms with Crippen LogP contribution >= 0.6 is 11.3 Å². The summed E-state index contributed by atoms with van der Waals surface area (Å²) in [5, 5.41) is 14.3. The summed E-state index contributed by atoms with van der Waals surface area (Å²) < 4.78 is 0.983. The molecule has 1 fully saturated rings. The lowest BCUT2D eigenvalue weighted by atomic mass is 10.0. The van der Waals surface area contributed by atoms with E-state index >= 15 is 0 Å². The highest BCUT2D eigenvalue weighted by Gasteiger charge is 2.41. The van der Waals surface area contributed by atoms with E-state index in [-0.39, 0.29) is 24.8 Å². The van der Waals surface area contributed by atoms with E-state index in [2.05, 4.69) is 5.32 Å². The minimum absolute atomic E-state index is 0.0658. The first-order valence-electron chi connectivity index (χ1n) is 13.0. The number of β-amino-alcohol motifs (C(OH)–C–C–N with tert-alkyl or cyclic N) is 1. The third-order valence-corrected chi connectivity index (χ3v) is 8.12. The number of carbonyl (C=O) groups is 3. The van der Waals surface area contributed by atoms with Gasteiger partial charge in [-0.15, -0.1) is 11.3 Å². The predicted molar refractivity (Wildman–Crippen MR) is 152 cm³/mol. The smallest absolute Gasteiger partial charge is 0.264 e. The second-order valence-electron chi connectivity index (χ2n) is 9.94. The Balaban J connectivity index is 1.35. The Labute approximate surface area is 231 Å². The molecule has 3 aromatic carbocycles. The second-order valence-corrected chi connectivity index (χ2v) is 11.0. The Bertz CT molecular complexity index is 1420. The monoisotopic (exact) mass is 541 g/mol. The van der Waals surface area contributed by atoms with Crippen LogP contribution in [0.25, 0.3) is 10.1 Å². The lowest BCUT2D eigenvalue weighted by molar-refractivity contribution is -0.136. The molecule has 2 N–H and O–H groups in total. The Hall–Kier alpha value is -4.01. The van der Waals surface area contributed by atoms with E-state index in [1.54, 1.807) is 11.9 Å². The van der Waals surface area contributed by atoms with Gasteiger partial charge >= 0.3 is 0 Å². The van der Waals surface area contributed by atoms with Gasteiger partial charge in [-0.1, -0.05) is 78.9 Å². The van der Waals surface area contributed by atoms with Crippen molar-refractivity contribution in [2.45, 2.75) is 37.6 Å². The van der Waals surface area contributed by atoms with Crippen molar-refractivity contribution in [1.82, 2.24) is 15.1 Å². The van der Waals surface area contributed by atoms with Crippen LogP contribution in [0.5, 0.6) is 0 Å². The van der Waals surface area contributed by atoms with Crippen LogP contribution in [0.4, 0.5) is 0 Å². The summed E-state index contributed by atoms with van der Waals surface area (Å²) in [7, 11) is 1.72. The summed E-state index contributed by atoms with van der Waals surface area (Å²) in [5.74, 6) is -0.958. The van der Waals surface area contributed by atoms with E-state index in [4.69, 9.17) is 0 Å². The fourth-order valence-corrected chi connectivity index (χ4v) is 6.05. The van der Waals surface area contributed by atoms with Crippen molar-refractivity contribution >= 4 is 39.1 Å². The first-order chi connectivity index (χ1) is 18.9. The molecule has 4 aromatic rings. The number of hydrogen-bond donors (Lipinski definition) is 2. The van der Waals surface area contributed by atoms with Crippen LogP contribution in [0.15, 0.2) is 91.0 Å². The van der Waals surface area contributed by atoms with Gasteiger partial charge < -0.3 is 20.2 Å². The number of likely N-dealkylation sites (N-methyl/N-ethyl adjacent to an activating group) is 1. The van der Waals surface area contributed by atoms with Crippen molar-refractivity contribution in [2.24, 2.45) is 0 Å². The maximum atomic E-state index is 13.6. The number of thiophene rings is 1. The van der Waals surface area contributed by atoms with Gasteiger partial charge in [0, 0.05) is 37.7 Å². The second kappa shape index (κ2) is 11.8. The number of likely N-dealkylation sites (tertiary alicyclic amines) is 1. The molecule has 0 radical (unpaired) electrons. The topological polar surface area (TPSA) is 89.9 Å². The number of benzene rings is 3. The fraction of sp³-hybridized carbons (Fsp3) is 0.258. The number of fused-ring (bicyclic) bond motifs is 1. The normalized spacial score (nSPS) is 17.6. The fourth-order valence-electron chi connectivity index (χ4n) is 5.03. The maximum Gasteiger partial charge on any atom is 0.264 e. The number of aliphatic hydroxyl groups excluding tert-OH is 1. The van der Waals surface area contributed by atoms with Crippen LogP contribution < -0.4 is 5.32 Å². The summed E-state index contributed by atoms with van der Waals surface area (Å²) in [6.07, 6.45) is -0.387. The standard InChI is InChI=1S/C31H31N3O4S/c1-33(19-22-12-6-3-7-13-22)30(37)25(16-21-10-4-2-5-11-21)32-29(36)26-18-24(35)20-34(26)31(38)28-17-23-14-8-9-15-27(23)39-28/h2-15,17,24-26,35H,16,18-20H2,1H3,(H,32,36)/t24-,25-,26?/m1/s1. The Morgan fingerprint density at radius 1 is 0.974 bits per heavy atom. The Morgan fingerprint density at radius 2 is 1.62 bits per heavy atom. The molecule has 0 saturated carbocycles. The number of nitrogens with zero attached hydrogens (tertiary/aromatic N) is 2. The molecule has 200 valence electrons. The van der Waals surface area contributed by atoms with Crippen molar-refractivity contribution in [3.05, 3.63) is 107 Å². The van der Waals surface area contributed by atoms with Gasteiger partial charge in [-0.3, -0.25) is 14.4 Å². The van der Waals surface area contributed by atoms with E-state index in [0.717, 1.165) is 21.2 Å². The average molecular weight is 542 g/mol. The van der Waals surface area contributed by atoms with E-state index in [9.17, 15) is 19.5 Å². The van der Waals surface area contributed by atoms with Crippen molar-refractivity contribution in [3.8, 4) is 0 Å².